The lowest BCUT2D eigenvalue weighted by atomic mass is 9.80. The normalized spacial score (nSPS) is 30.6. The number of hydrogen-bond acceptors (Lipinski definition) is 4. The van der Waals surface area contributed by atoms with Gasteiger partial charge in [0.25, 0.3) is 0 Å². The van der Waals surface area contributed by atoms with E-state index in [1.54, 1.807) is 0 Å². The smallest absolute Gasteiger partial charge is 0.124 e. The van der Waals surface area contributed by atoms with Gasteiger partial charge in [-0.05, 0) is 39.7 Å². The topological polar surface area (TPSA) is 56.5 Å². The van der Waals surface area contributed by atoms with Crippen molar-refractivity contribution in [2.45, 2.75) is 59.0 Å². The van der Waals surface area contributed by atoms with Gasteiger partial charge in [-0.2, -0.15) is 0 Å². The molecule has 0 aliphatic carbocycles. The Bertz CT molecular complexity index is 464. The average Bonchev–Trinajstić information content (AvgIpc) is 2.67. The van der Waals surface area contributed by atoms with E-state index in [-0.39, 0.29) is 24.4 Å². The molecule has 0 saturated carbocycles. The number of hydrogen-bond donors (Lipinski definition) is 2. The van der Waals surface area contributed by atoms with Crippen LogP contribution in [0.2, 0.25) is 0 Å². The van der Waals surface area contributed by atoms with Crippen molar-refractivity contribution in [3.05, 3.63) is 29.8 Å². The van der Waals surface area contributed by atoms with Gasteiger partial charge in [-0.3, -0.25) is 11.3 Å². The minimum absolute atomic E-state index is 0.0231. The van der Waals surface area contributed by atoms with Crippen LogP contribution in [-0.4, -0.2) is 18.3 Å². The van der Waals surface area contributed by atoms with Gasteiger partial charge >= 0.3 is 0 Å². The highest BCUT2D eigenvalue weighted by molar-refractivity contribution is 5.37. The Morgan fingerprint density at radius 1 is 1.14 bits per heavy atom. The summed E-state index contributed by atoms with van der Waals surface area (Å²) in [6.07, 6.45) is 0.556. The third-order valence-corrected chi connectivity index (χ3v) is 4.50. The van der Waals surface area contributed by atoms with Crippen LogP contribution in [0.5, 0.6) is 5.75 Å². The van der Waals surface area contributed by atoms with E-state index in [1.165, 1.54) is 0 Å². The fourth-order valence-corrected chi connectivity index (χ4v) is 3.38. The molecule has 1 fully saturated rings. The Hall–Kier alpha value is -1.10. The molecule has 5 atom stereocenters. The van der Waals surface area contributed by atoms with E-state index in [0.717, 1.165) is 11.3 Å². The van der Waals surface area contributed by atoms with E-state index in [1.807, 2.05) is 32.0 Å². The first-order valence-corrected chi connectivity index (χ1v) is 7.82. The van der Waals surface area contributed by atoms with Gasteiger partial charge in [-0.1, -0.05) is 25.1 Å². The van der Waals surface area contributed by atoms with E-state index in [9.17, 15) is 0 Å². The van der Waals surface area contributed by atoms with Crippen LogP contribution in [0.1, 0.15) is 46.2 Å². The molecule has 1 saturated heterocycles. The summed E-state index contributed by atoms with van der Waals surface area (Å²) >= 11 is 0. The molecule has 3 N–H and O–H groups in total. The zero-order valence-corrected chi connectivity index (χ0v) is 13.7. The van der Waals surface area contributed by atoms with Crippen LogP contribution in [0.4, 0.5) is 0 Å². The molecule has 118 valence electrons. The fourth-order valence-electron chi connectivity index (χ4n) is 3.38. The summed E-state index contributed by atoms with van der Waals surface area (Å²) in [6, 6.07) is 8.14. The van der Waals surface area contributed by atoms with Crippen LogP contribution in [0.3, 0.4) is 0 Å². The van der Waals surface area contributed by atoms with Crippen LogP contribution in [0, 0.1) is 11.8 Å². The number of benzene rings is 1. The highest BCUT2D eigenvalue weighted by atomic mass is 16.5. The number of rotatable bonds is 5. The molecule has 0 aromatic heterocycles. The van der Waals surface area contributed by atoms with E-state index in [2.05, 4.69) is 32.3 Å². The van der Waals surface area contributed by atoms with Gasteiger partial charge in [0.05, 0.1) is 24.4 Å². The largest absolute Gasteiger partial charge is 0.491 e. The maximum Gasteiger partial charge on any atom is 0.124 e. The van der Waals surface area contributed by atoms with Crippen molar-refractivity contribution in [2.24, 2.45) is 17.7 Å². The van der Waals surface area contributed by atoms with Crippen LogP contribution >= 0.6 is 0 Å². The number of para-hydroxylation sites is 1. The lowest BCUT2D eigenvalue weighted by Crippen LogP contribution is -2.39. The van der Waals surface area contributed by atoms with Crippen LogP contribution < -0.4 is 16.0 Å². The molecule has 0 spiro atoms. The Labute approximate surface area is 128 Å². The molecule has 1 heterocycles. The molecule has 1 aliphatic heterocycles. The van der Waals surface area contributed by atoms with Crippen molar-refractivity contribution in [1.29, 1.82) is 0 Å². The molecule has 21 heavy (non-hydrogen) atoms. The Morgan fingerprint density at radius 3 is 2.33 bits per heavy atom. The maximum absolute atomic E-state index is 5.97. The van der Waals surface area contributed by atoms with E-state index < -0.39 is 0 Å². The first-order chi connectivity index (χ1) is 9.95. The SMILES string of the molecule is CC(C)Oc1ccccc1C(NN)C1C(C)OC(C)C1C. The number of ether oxygens (including phenoxy) is 2. The highest BCUT2D eigenvalue weighted by Gasteiger charge is 2.42. The molecular formula is C17H28N2O2. The Balaban J connectivity index is 2.33. The first kappa shape index (κ1) is 16.3. The third-order valence-electron chi connectivity index (χ3n) is 4.50. The summed E-state index contributed by atoms with van der Waals surface area (Å²) in [5.74, 6) is 7.55. The summed E-state index contributed by atoms with van der Waals surface area (Å²) in [7, 11) is 0. The molecule has 5 unspecified atom stereocenters. The number of nitrogens with one attached hydrogen (secondary N) is 1. The Morgan fingerprint density at radius 2 is 1.81 bits per heavy atom. The molecule has 1 aromatic rings. The van der Waals surface area contributed by atoms with Gasteiger partial charge in [-0.25, -0.2) is 0 Å². The van der Waals surface area contributed by atoms with Crippen LogP contribution in [-0.2, 0) is 4.74 Å². The molecule has 1 aromatic carbocycles. The van der Waals surface area contributed by atoms with Crippen molar-refractivity contribution in [1.82, 2.24) is 5.43 Å². The monoisotopic (exact) mass is 292 g/mol. The molecule has 4 nitrogen and oxygen atoms in total. The minimum Gasteiger partial charge on any atom is -0.491 e. The second kappa shape index (κ2) is 6.77. The van der Waals surface area contributed by atoms with Gasteiger partial charge in [0.1, 0.15) is 5.75 Å². The van der Waals surface area contributed by atoms with Gasteiger partial charge < -0.3 is 9.47 Å². The first-order valence-electron chi connectivity index (χ1n) is 7.82. The van der Waals surface area contributed by atoms with E-state index in [4.69, 9.17) is 15.3 Å². The highest BCUT2D eigenvalue weighted by Crippen LogP contribution is 2.42. The lowest BCUT2D eigenvalue weighted by molar-refractivity contribution is 0.0473. The predicted octanol–water partition coefficient (Wildman–Crippen LogP) is 3.04. The quantitative estimate of drug-likeness (QED) is 0.647. The summed E-state index contributed by atoms with van der Waals surface area (Å²) in [6.45, 7) is 10.6. The van der Waals surface area contributed by atoms with Crippen molar-refractivity contribution >= 4 is 0 Å². The molecule has 2 rings (SSSR count). The molecule has 1 aliphatic rings. The Kier molecular flexibility index (Phi) is 5.25. The predicted molar refractivity (Wildman–Crippen MR) is 84.9 cm³/mol. The standard InChI is InChI=1S/C17H28N2O2/c1-10(2)20-15-9-7-6-8-14(15)17(19-18)16-11(3)12(4)21-13(16)5/h6-13,16-17,19H,18H2,1-5H3. The summed E-state index contributed by atoms with van der Waals surface area (Å²) in [5, 5.41) is 0. The van der Waals surface area contributed by atoms with Crippen molar-refractivity contribution in [2.75, 3.05) is 0 Å². The van der Waals surface area contributed by atoms with Crippen LogP contribution in [0.25, 0.3) is 0 Å². The molecule has 0 bridgehead atoms. The molecular weight excluding hydrogens is 264 g/mol. The summed E-state index contributed by atoms with van der Waals surface area (Å²) in [5.41, 5.74) is 4.10. The fraction of sp³-hybridized carbons (Fsp3) is 0.647. The van der Waals surface area contributed by atoms with Crippen molar-refractivity contribution < 1.29 is 9.47 Å². The number of nitrogens with two attached hydrogens (primary N) is 1. The third kappa shape index (κ3) is 3.39. The molecule has 4 heteroatoms. The van der Waals surface area contributed by atoms with Gasteiger partial charge in [-0.15, -0.1) is 0 Å². The number of hydrazine groups is 1. The van der Waals surface area contributed by atoms with Gasteiger partial charge in [0, 0.05) is 11.5 Å². The van der Waals surface area contributed by atoms with E-state index in [0.29, 0.717) is 11.8 Å². The van der Waals surface area contributed by atoms with Crippen LogP contribution in [0.15, 0.2) is 24.3 Å². The maximum atomic E-state index is 5.97. The summed E-state index contributed by atoms with van der Waals surface area (Å²) in [4.78, 5) is 0. The lowest BCUT2D eigenvalue weighted by Gasteiger charge is -2.30. The van der Waals surface area contributed by atoms with Gasteiger partial charge in [0.15, 0.2) is 0 Å². The molecule has 0 amide bonds. The molecule has 0 radical (unpaired) electrons. The second-order valence-electron chi connectivity index (χ2n) is 6.33. The second-order valence-corrected chi connectivity index (χ2v) is 6.33. The van der Waals surface area contributed by atoms with Crippen molar-refractivity contribution in [3.8, 4) is 5.75 Å². The average molecular weight is 292 g/mol. The zero-order valence-electron chi connectivity index (χ0n) is 13.7. The van der Waals surface area contributed by atoms with Gasteiger partial charge in [0.2, 0.25) is 0 Å². The van der Waals surface area contributed by atoms with E-state index >= 15 is 0 Å². The zero-order chi connectivity index (χ0) is 15.6. The summed E-state index contributed by atoms with van der Waals surface area (Å²) < 4.78 is 11.9. The minimum atomic E-state index is 0.0231. The van der Waals surface area contributed by atoms with Crippen molar-refractivity contribution in [3.63, 3.8) is 0 Å².